The lowest BCUT2D eigenvalue weighted by atomic mass is 9.72. The molecule has 3 heterocycles. The minimum absolute atomic E-state index is 0.0263. The molecule has 160 valence electrons. The number of carbonyl (C=O) groups excluding carboxylic acids is 1. The third-order valence-corrected chi connectivity index (χ3v) is 6.64. The third kappa shape index (κ3) is 2.76. The zero-order chi connectivity index (χ0) is 22.6. The number of carboxylic acid groups (broad SMARTS) is 1. The fraction of sp³-hybridized carbons (Fsp3) is 0.0952. The second-order valence-electron chi connectivity index (χ2n) is 7.22. The van der Waals surface area contributed by atoms with Gasteiger partial charge >= 0.3 is 12.0 Å². The number of pyridine rings is 1. The summed E-state index contributed by atoms with van der Waals surface area (Å²) in [5.41, 5.74) is 18.6. The first-order valence-corrected chi connectivity index (χ1v) is 10.2. The summed E-state index contributed by atoms with van der Waals surface area (Å²) in [7, 11) is 0. The summed E-state index contributed by atoms with van der Waals surface area (Å²) in [5.74, 6) is -1.39. The molecule has 1 aromatic carbocycles. The van der Waals surface area contributed by atoms with Gasteiger partial charge in [-0.05, 0) is 29.8 Å². The highest BCUT2D eigenvalue weighted by molar-refractivity contribution is 7.21. The molecule has 10 nitrogen and oxygen atoms in total. The largest absolute Gasteiger partial charge is 0.477 e. The molecular weight excluding hydrogens is 432 g/mol. The Balaban J connectivity index is 1.66. The summed E-state index contributed by atoms with van der Waals surface area (Å²) < 4.78 is 6.07. The Morgan fingerprint density at radius 1 is 1.16 bits per heavy atom. The molecule has 2 atom stereocenters. The van der Waals surface area contributed by atoms with Crippen molar-refractivity contribution in [1.29, 1.82) is 0 Å². The van der Waals surface area contributed by atoms with Crippen molar-refractivity contribution in [2.75, 3.05) is 5.73 Å². The van der Waals surface area contributed by atoms with Gasteiger partial charge in [-0.3, -0.25) is 9.78 Å². The second-order valence-corrected chi connectivity index (χ2v) is 8.24. The number of Topliss-reactive ketones (excluding diaryl/α,β-unsaturated/α-hetero) is 1. The van der Waals surface area contributed by atoms with E-state index in [1.807, 2.05) is 0 Å². The number of nitrogens with two attached hydrogens (primary N) is 3. The van der Waals surface area contributed by atoms with E-state index < -0.39 is 23.3 Å². The molecule has 4 aromatic rings. The minimum atomic E-state index is -1.70. The van der Waals surface area contributed by atoms with E-state index in [1.54, 1.807) is 30.3 Å². The van der Waals surface area contributed by atoms with Crippen LogP contribution in [0, 0.1) is 0 Å². The van der Waals surface area contributed by atoms with Crippen LogP contribution in [0.15, 0.2) is 48.9 Å². The Bertz CT molecular complexity index is 1390. The van der Waals surface area contributed by atoms with Gasteiger partial charge in [0.05, 0.1) is 22.6 Å². The van der Waals surface area contributed by atoms with E-state index >= 15 is 0 Å². The molecule has 3 aromatic heterocycles. The highest BCUT2D eigenvalue weighted by atomic mass is 32.1. The van der Waals surface area contributed by atoms with Crippen molar-refractivity contribution in [2.45, 2.75) is 11.6 Å². The number of anilines is 1. The summed E-state index contributed by atoms with van der Waals surface area (Å²) >= 11 is 0.976. The Morgan fingerprint density at radius 3 is 2.56 bits per heavy atom. The van der Waals surface area contributed by atoms with Crippen molar-refractivity contribution in [3.05, 3.63) is 70.6 Å². The molecule has 32 heavy (non-hydrogen) atoms. The molecule has 5 rings (SSSR count). The van der Waals surface area contributed by atoms with E-state index in [0.29, 0.717) is 27.1 Å². The number of thiophene rings is 1. The molecular formula is C21H16N6O4S. The standard InChI is InChI=1S/C21H16N6O4S/c22-11-4-3-10-13-14(17(19(29)30)32-16(11)13)15(23)18(28)21(10,24)12-5-2-9(8-27-12)31-20-25-6-1-7-26-20/h1-8,15H,22-24H2,(H,29,30). The molecule has 0 fully saturated rings. The first-order valence-electron chi connectivity index (χ1n) is 9.41. The van der Waals surface area contributed by atoms with Crippen molar-refractivity contribution in [3.63, 3.8) is 0 Å². The van der Waals surface area contributed by atoms with E-state index in [2.05, 4.69) is 15.0 Å². The van der Waals surface area contributed by atoms with Crippen molar-refractivity contribution in [2.24, 2.45) is 11.5 Å². The second kappa shape index (κ2) is 7.05. The van der Waals surface area contributed by atoms with Crippen molar-refractivity contribution >= 4 is 38.9 Å². The highest BCUT2D eigenvalue weighted by Crippen LogP contribution is 2.49. The van der Waals surface area contributed by atoms with Crippen molar-refractivity contribution < 1.29 is 19.4 Å². The SMILES string of the molecule is Nc1ccc2c3c(c(C(=O)O)sc13)C(N)C(=O)C2(N)c1ccc(Oc2ncccn2)cn1. The fourth-order valence-corrected chi connectivity index (χ4v) is 5.06. The number of ketones is 1. The summed E-state index contributed by atoms with van der Waals surface area (Å²) in [6, 6.07) is 6.92. The predicted molar refractivity (Wildman–Crippen MR) is 116 cm³/mol. The van der Waals surface area contributed by atoms with Gasteiger partial charge in [-0.2, -0.15) is 0 Å². The van der Waals surface area contributed by atoms with Gasteiger partial charge in [-0.15, -0.1) is 11.3 Å². The first-order chi connectivity index (χ1) is 15.3. The van der Waals surface area contributed by atoms with Gasteiger partial charge in [-0.25, -0.2) is 14.8 Å². The predicted octanol–water partition coefficient (Wildman–Crippen LogP) is 1.94. The van der Waals surface area contributed by atoms with Gasteiger partial charge in [-0.1, -0.05) is 6.07 Å². The van der Waals surface area contributed by atoms with Crippen LogP contribution < -0.4 is 21.9 Å². The van der Waals surface area contributed by atoms with Crippen LogP contribution in [-0.2, 0) is 10.3 Å². The zero-order valence-corrected chi connectivity index (χ0v) is 17.2. The van der Waals surface area contributed by atoms with Crippen LogP contribution in [-0.4, -0.2) is 31.8 Å². The third-order valence-electron chi connectivity index (χ3n) is 5.40. The van der Waals surface area contributed by atoms with Crippen LogP contribution in [0.2, 0.25) is 0 Å². The number of aromatic carboxylic acids is 1. The van der Waals surface area contributed by atoms with Crippen LogP contribution in [0.3, 0.4) is 0 Å². The maximum absolute atomic E-state index is 13.4. The molecule has 0 amide bonds. The van der Waals surface area contributed by atoms with Gasteiger partial charge in [0.15, 0.2) is 5.78 Å². The van der Waals surface area contributed by atoms with E-state index in [1.165, 1.54) is 18.6 Å². The molecule has 0 saturated heterocycles. The molecule has 2 unspecified atom stereocenters. The summed E-state index contributed by atoms with van der Waals surface area (Å²) in [6.07, 6.45) is 4.48. The molecule has 7 N–H and O–H groups in total. The number of hydrogen-bond acceptors (Lipinski definition) is 10. The Labute approximate surface area is 184 Å². The maximum Gasteiger partial charge on any atom is 0.346 e. The lowest BCUT2D eigenvalue weighted by Crippen LogP contribution is -2.53. The molecule has 1 aliphatic carbocycles. The number of rotatable bonds is 4. The summed E-state index contributed by atoms with van der Waals surface area (Å²) in [4.78, 5) is 37.5. The van der Waals surface area contributed by atoms with Crippen LogP contribution in [0.5, 0.6) is 11.8 Å². The Kier molecular flexibility index (Phi) is 4.41. The number of aromatic nitrogens is 3. The van der Waals surface area contributed by atoms with Gasteiger partial charge in [0, 0.05) is 29.0 Å². The average Bonchev–Trinajstić information content (AvgIpc) is 3.20. The molecule has 1 aliphatic rings. The maximum atomic E-state index is 13.4. The minimum Gasteiger partial charge on any atom is -0.477 e. The van der Waals surface area contributed by atoms with Gasteiger partial charge in [0.2, 0.25) is 0 Å². The van der Waals surface area contributed by atoms with Crippen molar-refractivity contribution in [3.8, 4) is 11.8 Å². The van der Waals surface area contributed by atoms with Crippen molar-refractivity contribution in [1.82, 2.24) is 15.0 Å². The number of hydrogen-bond donors (Lipinski definition) is 4. The summed E-state index contributed by atoms with van der Waals surface area (Å²) in [6.45, 7) is 0. The van der Waals surface area contributed by atoms with E-state index in [9.17, 15) is 14.7 Å². The quantitative estimate of drug-likeness (QED) is 0.337. The molecule has 11 heteroatoms. The molecule has 0 radical (unpaired) electrons. The van der Waals surface area contributed by atoms with Crippen LogP contribution in [0.1, 0.15) is 32.5 Å². The lowest BCUT2D eigenvalue weighted by Gasteiger charge is -2.35. The Morgan fingerprint density at radius 2 is 1.91 bits per heavy atom. The van der Waals surface area contributed by atoms with Crippen LogP contribution in [0.25, 0.3) is 10.1 Å². The van der Waals surface area contributed by atoms with Gasteiger partial charge in [0.25, 0.3) is 0 Å². The number of nitrogen functional groups attached to an aromatic ring is 1. The lowest BCUT2D eigenvalue weighted by molar-refractivity contribution is -0.124. The van der Waals surface area contributed by atoms with Gasteiger partial charge in [0.1, 0.15) is 16.2 Å². The normalized spacial score (nSPS) is 19.8. The Hall–Kier alpha value is -3.93. The molecule has 0 bridgehead atoms. The van der Waals surface area contributed by atoms with Gasteiger partial charge < -0.3 is 27.0 Å². The summed E-state index contributed by atoms with van der Waals surface area (Å²) in [5, 5.41) is 10.1. The van der Waals surface area contributed by atoms with Crippen LogP contribution >= 0.6 is 11.3 Å². The number of carboxylic acids is 1. The zero-order valence-electron chi connectivity index (χ0n) is 16.4. The van der Waals surface area contributed by atoms with E-state index in [4.69, 9.17) is 21.9 Å². The van der Waals surface area contributed by atoms with Crippen LogP contribution in [0.4, 0.5) is 5.69 Å². The number of ether oxygens (including phenoxy) is 1. The molecule has 0 spiro atoms. The number of benzene rings is 1. The first kappa shape index (κ1) is 20.0. The number of carbonyl (C=O) groups is 2. The monoisotopic (exact) mass is 448 g/mol. The highest BCUT2D eigenvalue weighted by Gasteiger charge is 2.49. The van der Waals surface area contributed by atoms with E-state index in [-0.39, 0.29) is 22.1 Å². The van der Waals surface area contributed by atoms with E-state index in [0.717, 1.165) is 11.3 Å². The average molecular weight is 448 g/mol. The number of nitrogens with zero attached hydrogens (tertiary/aromatic N) is 3. The smallest absolute Gasteiger partial charge is 0.346 e. The topological polar surface area (TPSA) is 180 Å². The fourth-order valence-electron chi connectivity index (χ4n) is 3.92. The molecule has 0 aliphatic heterocycles. The molecule has 0 saturated carbocycles.